The molecule has 0 saturated carbocycles. The van der Waals surface area contributed by atoms with Crippen LogP contribution in [0.4, 0.5) is 0 Å². The number of para-hydroxylation sites is 1. The van der Waals surface area contributed by atoms with E-state index in [0.29, 0.717) is 55.2 Å². The first-order valence-corrected chi connectivity index (χ1v) is 13.2. The molecular formula is C26H27MoN4O5S-. The van der Waals surface area contributed by atoms with E-state index in [1.807, 2.05) is 18.2 Å². The number of phenolic OH excluding ortho intramolecular Hbond substituents is 3. The van der Waals surface area contributed by atoms with Gasteiger partial charge in [-0.1, -0.05) is 19.1 Å². The number of sulfonamides is 1. The number of hydrogen-bond acceptors (Lipinski definition) is 7. The van der Waals surface area contributed by atoms with Crippen LogP contribution in [0.3, 0.4) is 0 Å². The molecule has 0 aliphatic carbocycles. The monoisotopic (exact) mass is 605 g/mol. The van der Waals surface area contributed by atoms with Gasteiger partial charge >= 0.3 is 0 Å². The summed E-state index contributed by atoms with van der Waals surface area (Å²) in [6.45, 7) is 2.92. The Labute approximate surface area is 229 Å². The van der Waals surface area contributed by atoms with Crippen molar-refractivity contribution in [1.29, 1.82) is 0 Å². The first kappa shape index (κ1) is 27.1. The van der Waals surface area contributed by atoms with Crippen LogP contribution in [0.25, 0.3) is 16.9 Å². The predicted molar refractivity (Wildman–Crippen MR) is 133 cm³/mol. The van der Waals surface area contributed by atoms with Gasteiger partial charge in [-0.25, -0.2) is 13.5 Å². The number of piperidine rings is 1. The number of phenols is 3. The second-order valence-electron chi connectivity index (χ2n) is 9.25. The molecule has 1 aliphatic rings. The van der Waals surface area contributed by atoms with E-state index in [1.165, 1.54) is 16.4 Å². The van der Waals surface area contributed by atoms with E-state index in [0.717, 1.165) is 11.8 Å². The van der Waals surface area contributed by atoms with Gasteiger partial charge in [0.05, 0.1) is 10.6 Å². The largest absolute Gasteiger partial charge is 0.507 e. The molecule has 1 aliphatic heterocycles. The van der Waals surface area contributed by atoms with Gasteiger partial charge in [0.25, 0.3) is 0 Å². The molecule has 2 aromatic carbocycles. The Balaban J connectivity index is 0.00000320. The molecule has 1 fully saturated rings. The smallest absolute Gasteiger partial charge is 0.243 e. The normalized spacial score (nSPS) is 15.9. The van der Waals surface area contributed by atoms with Crippen LogP contribution in [-0.2, 0) is 37.5 Å². The van der Waals surface area contributed by atoms with E-state index in [2.05, 4.69) is 23.1 Å². The standard InChI is InChI=1S/C26H27N4O5S.Mo/c1-17(18-9-12-29(13-10-18)36(34,35)20-6-7-24(32)25(33)16-20)14-19-15-22(21-4-2-3-5-23(21)31)28-26-8-11-27-30(19)26;/h2-7,11,15-18,31-33H,9-10,12-14H2,1H3;/q-1;/t17-;/m0./s1. The minimum absolute atomic E-state index is 0. The van der Waals surface area contributed by atoms with Crippen molar-refractivity contribution in [2.75, 3.05) is 13.1 Å². The zero-order chi connectivity index (χ0) is 25.4. The summed E-state index contributed by atoms with van der Waals surface area (Å²) in [6.07, 6.45) is 3.69. The van der Waals surface area contributed by atoms with Crippen LogP contribution in [0.15, 0.2) is 59.6 Å². The average Bonchev–Trinajstić information content (AvgIpc) is 3.35. The molecular weight excluding hydrogens is 576 g/mol. The van der Waals surface area contributed by atoms with Crippen LogP contribution >= 0.6 is 0 Å². The van der Waals surface area contributed by atoms with Crippen molar-refractivity contribution in [1.82, 2.24) is 18.9 Å². The van der Waals surface area contributed by atoms with Gasteiger partial charge in [-0.3, -0.25) is 9.50 Å². The minimum Gasteiger partial charge on any atom is -0.507 e. The molecule has 0 unspecified atom stereocenters. The molecule has 3 N–H and O–H groups in total. The fraction of sp³-hybridized carbons (Fsp3) is 0.308. The van der Waals surface area contributed by atoms with E-state index < -0.39 is 15.8 Å². The Kier molecular flexibility index (Phi) is 7.92. The van der Waals surface area contributed by atoms with Crippen molar-refractivity contribution in [3.8, 4) is 28.5 Å². The van der Waals surface area contributed by atoms with Crippen LogP contribution in [-0.4, -0.2) is 55.7 Å². The van der Waals surface area contributed by atoms with Gasteiger partial charge in [0.1, 0.15) is 5.75 Å². The summed E-state index contributed by atoms with van der Waals surface area (Å²) >= 11 is 0. The Morgan fingerprint density at radius 2 is 1.76 bits per heavy atom. The Morgan fingerprint density at radius 3 is 2.46 bits per heavy atom. The zero-order valence-electron chi connectivity index (χ0n) is 20.1. The van der Waals surface area contributed by atoms with Gasteiger partial charge in [-0.2, -0.15) is 4.31 Å². The third-order valence-electron chi connectivity index (χ3n) is 6.97. The Morgan fingerprint density at radius 1 is 1.03 bits per heavy atom. The van der Waals surface area contributed by atoms with Gasteiger partial charge in [0.15, 0.2) is 11.5 Å². The van der Waals surface area contributed by atoms with E-state index in [4.69, 9.17) is 0 Å². The van der Waals surface area contributed by atoms with Gasteiger partial charge < -0.3 is 21.4 Å². The average molecular weight is 604 g/mol. The molecule has 4 aromatic rings. The molecule has 11 heteroatoms. The fourth-order valence-corrected chi connectivity index (χ4v) is 6.37. The summed E-state index contributed by atoms with van der Waals surface area (Å²) < 4.78 is 29.2. The molecule has 0 spiro atoms. The summed E-state index contributed by atoms with van der Waals surface area (Å²) in [4.78, 5) is 4.57. The first-order chi connectivity index (χ1) is 17.2. The minimum atomic E-state index is -3.76. The number of nitrogens with zero attached hydrogens (tertiary/aromatic N) is 4. The molecule has 0 bridgehead atoms. The summed E-state index contributed by atoms with van der Waals surface area (Å²) in [5, 5.41) is 33.9. The number of aromatic nitrogens is 3. The number of fused-ring (bicyclic) bond motifs is 1. The molecule has 0 radical (unpaired) electrons. The molecule has 3 heterocycles. The number of benzene rings is 2. The van der Waals surface area contributed by atoms with Crippen molar-refractivity contribution < 1.29 is 44.8 Å². The summed E-state index contributed by atoms with van der Waals surface area (Å²) in [5.74, 6) is -0.0987. The molecule has 1 atom stereocenters. The van der Waals surface area contributed by atoms with Crippen molar-refractivity contribution in [3.63, 3.8) is 0 Å². The quantitative estimate of drug-likeness (QED) is 0.175. The predicted octanol–water partition coefficient (Wildman–Crippen LogP) is 3.59. The molecule has 1 saturated heterocycles. The van der Waals surface area contributed by atoms with Crippen molar-refractivity contribution in [2.24, 2.45) is 11.8 Å². The fourth-order valence-electron chi connectivity index (χ4n) is 4.88. The number of aromatic hydroxyl groups is 3. The third kappa shape index (κ3) is 5.37. The maximum Gasteiger partial charge on any atom is 0.243 e. The molecule has 9 nitrogen and oxygen atoms in total. The second-order valence-corrected chi connectivity index (χ2v) is 11.2. The number of hydrogen-bond donors (Lipinski definition) is 3. The first-order valence-electron chi connectivity index (χ1n) is 11.8. The van der Waals surface area contributed by atoms with Crippen LogP contribution in [0.1, 0.15) is 25.5 Å². The molecule has 2 aromatic heterocycles. The van der Waals surface area contributed by atoms with E-state index in [-0.39, 0.29) is 43.4 Å². The topological polar surface area (TPSA) is 128 Å². The van der Waals surface area contributed by atoms with Gasteiger partial charge in [-0.15, -0.1) is 6.20 Å². The molecule has 0 amide bonds. The van der Waals surface area contributed by atoms with Crippen LogP contribution in [0.5, 0.6) is 17.2 Å². The van der Waals surface area contributed by atoms with E-state index in [9.17, 15) is 23.7 Å². The Bertz CT molecular complexity index is 1520. The summed E-state index contributed by atoms with van der Waals surface area (Å²) in [5.41, 5.74) is 2.82. The van der Waals surface area contributed by atoms with Gasteiger partial charge in [0.2, 0.25) is 10.0 Å². The number of rotatable bonds is 6. The Hall–Kier alpha value is -2.94. The maximum absolute atomic E-state index is 13.0. The van der Waals surface area contributed by atoms with Crippen molar-refractivity contribution in [3.05, 3.63) is 66.5 Å². The van der Waals surface area contributed by atoms with Crippen molar-refractivity contribution in [2.45, 2.75) is 31.1 Å². The van der Waals surface area contributed by atoms with Crippen LogP contribution in [0, 0.1) is 17.9 Å². The third-order valence-corrected chi connectivity index (χ3v) is 8.86. The van der Waals surface area contributed by atoms with E-state index >= 15 is 0 Å². The maximum atomic E-state index is 13.0. The van der Waals surface area contributed by atoms with Gasteiger partial charge in [-0.05, 0) is 67.1 Å². The van der Waals surface area contributed by atoms with Crippen molar-refractivity contribution >= 4 is 15.7 Å². The van der Waals surface area contributed by atoms with Crippen LogP contribution < -0.4 is 0 Å². The van der Waals surface area contributed by atoms with E-state index in [1.54, 1.807) is 22.8 Å². The molecule has 37 heavy (non-hydrogen) atoms. The SMILES string of the molecule is C[C@@H](Cc1cc(-c2ccccc2O)nc2[c-]cnn12)C1CCN(S(=O)(=O)c2ccc(O)c(O)c2)CC1.[Mo]. The zero-order valence-corrected chi connectivity index (χ0v) is 23.0. The summed E-state index contributed by atoms with van der Waals surface area (Å²) in [6, 6.07) is 15.6. The molecule has 194 valence electrons. The second kappa shape index (κ2) is 10.8. The summed E-state index contributed by atoms with van der Waals surface area (Å²) in [7, 11) is -3.76. The van der Waals surface area contributed by atoms with Gasteiger partial charge in [0, 0.05) is 51.5 Å². The molecule has 5 rings (SSSR count). The van der Waals surface area contributed by atoms with Crippen LogP contribution in [0.2, 0.25) is 0 Å².